The van der Waals surface area contributed by atoms with Gasteiger partial charge in [-0.3, -0.25) is 9.36 Å². The number of carbonyl (C=O) groups excluding carboxylic acids is 2. The van der Waals surface area contributed by atoms with Crippen LogP contribution < -0.4 is 0 Å². The SMILES string of the molecule is COC(=O)C(C)=P(C)(C)C.COC(=O)C(C)P(=O)(OC)OC. The third-order valence-corrected chi connectivity index (χ3v) is 7.39. The van der Waals surface area contributed by atoms with Crippen molar-refractivity contribution in [1.29, 1.82) is 0 Å². The van der Waals surface area contributed by atoms with E-state index in [0.717, 1.165) is 5.29 Å². The molecule has 0 aromatic carbocycles. The van der Waals surface area contributed by atoms with Crippen molar-refractivity contribution in [3.8, 4) is 0 Å². The van der Waals surface area contributed by atoms with E-state index in [9.17, 15) is 14.2 Å². The number of rotatable bonds is 5. The fourth-order valence-electron chi connectivity index (χ4n) is 1.11. The largest absolute Gasteiger partial charge is 0.468 e. The molecule has 0 amide bonds. The van der Waals surface area contributed by atoms with Gasteiger partial charge in [0.25, 0.3) is 0 Å². The van der Waals surface area contributed by atoms with Crippen molar-refractivity contribution in [2.24, 2.45) is 0 Å². The molecule has 0 rings (SSSR count). The van der Waals surface area contributed by atoms with Crippen LogP contribution in [-0.2, 0) is 32.7 Å². The minimum Gasteiger partial charge on any atom is -0.468 e. The Morgan fingerprint density at radius 1 is 0.909 bits per heavy atom. The number of hydrogen-bond donors (Lipinski definition) is 0. The Morgan fingerprint density at radius 2 is 1.32 bits per heavy atom. The summed E-state index contributed by atoms with van der Waals surface area (Å²) in [4.78, 5) is 21.8. The molecule has 22 heavy (non-hydrogen) atoms. The van der Waals surface area contributed by atoms with Crippen LogP contribution in [0, 0.1) is 0 Å². The Kier molecular flexibility index (Phi) is 11.0. The maximum atomic E-state index is 11.5. The summed E-state index contributed by atoms with van der Waals surface area (Å²) in [5, 5.41) is 0.870. The smallest absolute Gasteiger partial charge is 0.344 e. The molecule has 0 saturated carbocycles. The maximum absolute atomic E-state index is 11.5. The Bertz CT molecular complexity index is 463. The molecule has 1 unspecified atom stereocenters. The fraction of sp³-hybridized carbons (Fsp3) is 0.769. The van der Waals surface area contributed by atoms with E-state index in [1.54, 1.807) is 0 Å². The van der Waals surface area contributed by atoms with Gasteiger partial charge in [0.2, 0.25) is 0 Å². The first-order chi connectivity index (χ1) is 9.91. The number of ether oxygens (including phenoxy) is 2. The van der Waals surface area contributed by atoms with Crippen molar-refractivity contribution >= 4 is 31.7 Å². The Balaban J connectivity index is 0. The molecule has 9 heteroatoms. The summed E-state index contributed by atoms with van der Waals surface area (Å²) < 4.78 is 29.7. The van der Waals surface area contributed by atoms with Gasteiger partial charge in [-0.2, -0.15) is 0 Å². The molecular weight excluding hydrogens is 330 g/mol. The van der Waals surface area contributed by atoms with Crippen molar-refractivity contribution in [3.05, 3.63) is 0 Å². The first-order valence-corrected chi connectivity index (χ1v) is 11.2. The summed E-state index contributed by atoms with van der Waals surface area (Å²) in [6.45, 7) is 8.43. The van der Waals surface area contributed by atoms with Gasteiger partial charge < -0.3 is 18.5 Å². The van der Waals surface area contributed by atoms with Crippen LogP contribution in [0.1, 0.15) is 13.8 Å². The molecule has 1 atom stereocenters. The standard InChI is InChI=1S/C7H15O2P.C6H13O5P/c1-6(7(8)9-2)10(3,4)5;1-5(6(7)9-2)12(8,10-3)11-4/h1-5H3;5H,1-4H3. The van der Waals surface area contributed by atoms with E-state index in [2.05, 4.69) is 38.5 Å². The number of methoxy groups -OCH3 is 2. The van der Waals surface area contributed by atoms with E-state index in [0.29, 0.717) is 0 Å². The van der Waals surface area contributed by atoms with Crippen molar-refractivity contribution in [1.82, 2.24) is 0 Å². The predicted octanol–water partition coefficient (Wildman–Crippen LogP) is 2.29. The van der Waals surface area contributed by atoms with Crippen molar-refractivity contribution in [3.63, 3.8) is 0 Å². The molecule has 0 spiro atoms. The lowest BCUT2D eigenvalue weighted by Crippen LogP contribution is -2.20. The first-order valence-electron chi connectivity index (χ1n) is 6.44. The highest BCUT2D eigenvalue weighted by atomic mass is 31.2. The molecular formula is C13H28O7P2. The van der Waals surface area contributed by atoms with Crippen LogP contribution in [0.5, 0.6) is 0 Å². The number of esters is 2. The average molecular weight is 358 g/mol. The average Bonchev–Trinajstić information content (AvgIpc) is 2.50. The summed E-state index contributed by atoms with van der Waals surface area (Å²) >= 11 is 0. The zero-order valence-corrected chi connectivity index (χ0v) is 16.6. The Hall–Kier alpha value is -0.610. The van der Waals surface area contributed by atoms with Crippen LogP contribution in [0.2, 0.25) is 0 Å². The van der Waals surface area contributed by atoms with Gasteiger partial charge in [0, 0.05) is 19.5 Å². The fourth-order valence-corrected chi connectivity index (χ4v) is 2.90. The van der Waals surface area contributed by atoms with Crippen LogP contribution in [-0.4, -0.2) is 71.3 Å². The lowest BCUT2D eigenvalue weighted by molar-refractivity contribution is -0.140. The van der Waals surface area contributed by atoms with Crippen LogP contribution in [0.3, 0.4) is 0 Å². The second kappa shape index (κ2) is 10.2. The van der Waals surface area contributed by atoms with E-state index in [4.69, 9.17) is 0 Å². The monoisotopic (exact) mass is 358 g/mol. The molecule has 0 aliphatic heterocycles. The van der Waals surface area contributed by atoms with Gasteiger partial charge in [-0.1, -0.05) is 0 Å². The molecule has 0 aliphatic carbocycles. The molecule has 0 aromatic rings. The van der Waals surface area contributed by atoms with E-state index in [-0.39, 0.29) is 5.97 Å². The van der Waals surface area contributed by atoms with Gasteiger partial charge >= 0.3 is 19.5 Å². The van der Waals surface area contributed by atoms with Crippen molar-refractivity contribution in [2.75, 3.05) is 48.4 Å². The molecule has 0 saturated heterocycles. The highest BCUT2D eigenvalue weighted by Gasteiger charge is 2.36. The minimum absolute atomic E-state index is 0.166. The molecule has 0 aromatic heterocycles. The Labute approximate surface area is 133 Å². The summed E-state index contributed by atoms with van der Waals surface area (Å²) in [5.74, 6) is -0.775. The van der Waals surface area contributed by atoms with Crippen LogP contribution in [0.15, 0.2) is 0 Å². The molecule has 0 radical (unpaired) electrons. The van der Waals surface area contributed by atoms with E-state index in [1.807, 2.05) is 6.92 Å². The van der Waals surface area contributed by atoms with Gasteiger partial charge in [0.15, 0.2) is 5.66 Å². The van der Waals surface area contributed by atoms with Crippen LogP contribution in [0.4, 0.5) is 0 Å². The topological polar surface area (TPSA) is 88.1 Å². The quantitative estimate of drug-likeness (QED) is 0.550. The van der Waals surface area contributed by atoms with Gasteiger partial charge in [-0.15, -0.1) is 6.89 Å². The molecule has 0 fully saturated rings. The highest BCUT2D eigenvalue weighted by Crippen LogP contribution is 2.51. The van der Waals surface area contributed by atoms with E-state index in [1.165, 1.54) is 35.4 Å². The van der Waals surface area contributed by atoms with Crippen molar-refractivity contribution in [2.45, 2.75) is 19.5 Å². The molecule has 7 nitrogen and oxygen atoms in total. The van der Waals surface area contributed by atoms with Gasteiger partial charge in [-0.25, -0.2) is 4.79 Å². The highest BCUT2D eigenvalue weighted by molar-refractivity contribution is 7.75. The summed E-state index contributed by atoms with van der Waals surface area (Å²) in [7, 11) is 1.77. The summed E-state index contributed by atoms with van der Waals surface area (Å²) in [6.07, 6.45) is 0. The Morgan fingerprint density at radius 3 is 1.50 bits per heavy atom. The van der Waals surface area contributed by atoms with Crippen LogP contribution >= 0.6 is 14.5 Å². The molecule has 0 N–H and O–H groups in total. The number of hydrogen-bond acceptors (Lipinski definition) is 7. The maximum Gasteiger partial charge on any atom is 0.344 e. The molecule has 132 valence electrons. The molecule has 0 bridgehead atoms. The predicted molar refractivity (Wildman–Crippen MR) is 90.5 cm³/mol. The molecule has 0 aliphatic rings. The van der Waals surface area contributed by atoms with Gasteiger partial charge in [-0.05, 0) is 33.8 Å². The normalized spacial score (nSPS) is 12.6. The number of carbonyl (C=O) groups is 2. The third-order valence-electron chi connectivity index (χ3n) is 3.01. The van der Waals surface area contributed by atoms with E-state index < -0.39 is 26.1 Å². The second-order valence-electron chi connectivity index (χ2n) is 5.19. The lowest BCUT2D eigenvalue weighted by atomic mass is 10.5. The van der Waals surface area contributed by atoms with E-state index >= 15 is 0 Å². The van der Waals surface area contributed by atoms with Gasteiger partial charge in [0.1, 0.15) is 0 Å². The third kappa shape index (κ3) is 7.59. The lowest BCUT2D eigenvalue weighted by Gasteiger charge is -2.18. The zero-order chi connectivity index (χ0) is 18.1. The minimum atomic E-state index is -3.32. The molecule has 0 heterocycles. The zero-order valence-electron chi connectivity index (χ0n) is 14.8. The van der Waals surface area contributed by atoms with Crippen molar-refractivity contribution < 1.29 is 32.7 Å². The summed E-state index contributed by atoms with van der Waals surface area (Å²) in [6, 6.07) is 0. The second-order valence-corrected chi connectivity index (χ2v) is 12.5. The van der Waals surface area contributed by atoms with Gasteiger partial charge in [0.05, 0.1) is 14.2 Å². The summed E-state index contributed by atoms with van der Waals surface area (Å²) in [5.41, 5.74) is -0.891. The first kappa shape index (κ1) is 23.7. The van der Waals surface area contributed by atoms with Crippen LogP contribution in [0.25, 0.3) is 0 Å².